The third-order valence-electron chi connectivity index (χ3n) is 3.44. The molecular formula is C15H17N5OS2. The molecule has 6 nitrogen and oxygen atoms in total. The zero-order valence-corrected chi connectivity index (χ0v) is 15.0. The standard InChI is InChI=1S/C15H17N5OS2/c1-8(2)13-18-19-14(23-13)17-12(21)11-7-9(3)20(10(11)4)15-16-5-6-22-15/h5-8H,1-4H3,(H,17,19,21). The van der Waals surface area contributed by atoms with E-state index in [1.54, 1.807) is 6.20 Å². The Bertz CT molecular complexity index is 832. The molecule has 0 atom stereocenters. The summed E-state index contributed by atoms with van der Waals surface area (Å²) in [6, 6.07) is 1.87. The molecule has 3 rings (SSSR count). The topological polar surface area (TPSA) is 72.7 Å². The second-order valence-corrected chi connectivity index (χ2v) is 7.37. The summed E-state index contributed by atoms with van der Waals surface area (Å²) in [5.41, 5.74) is 2.46. The summed E-state index contributed by atoms with van der Waals surface area (Å²) in [6.45, 7) is 7.98. The summed E-state index contributed by atoms with van der Waals surface area (Å²) >= 11 is 2.95. The summed E-state index contributed by atoms with van der Waals surface area (Å²) in [4.78, 5) is 16.9. The fourth-order valence-electron chi connectivity index (χ4n) is 2.30. The first kappa shape index (κ1) is 15.8. The quantitative estimate of drug-likeness (QED) is 0.779. The number of nitrogens with one attached hydrogen (secondary N) is 1. The number of thiazole rings is 1. The van der Waals surface area contributed by atoms with Crippen LogP contribution in [0, 0.1) is 13.8 Å². The SMILES string of the molecule is Cc1cc(C(=O)Nc2nnc(C(C)C)s2)c(C)n1-c1nccs1. The Kier molecular flexibility index (Phi) is 4.27. The molecule has 1 amide bonds. The van der Waals surface area contributed by atoms with Crippen LogP contribution in [0.4, 0.5) is 5.13 Å². The maximum absolute atomic E-state index is 12.5. The Labute approximate surface area is 142 Å². The van der Waals surface area contributed by atoms with Gasteiger partial charge in [-0.3, -0.25) is 14.7 Å². The van der Waals surface area contributed by atoms with Crippen LogP contribution in [0.15, 0.2) is 17.6 Å². The van der Waals surface area contributed by atoms with Crippen molar-refractivity contribution in [2.24, 2.45) is 0 Å². The van der Waals surface area contributed by atoms with Crippen molar-refractivity contribution in [2.75, 3.05) is 5.32 Å². The van der Waals surface area contributed by atoms with Gasteiger partial charge in [0.25, 0.3) is 5.91 Å². The molecule has 0 unspecified atom stereocenters. The zero-order valence-electron chi connectivity index (χ0n) is 13.3. The number of amides is 1. The largest absolute Gasteiger partial charge is 0.296 e. The van der Waals surface area contributed by atoms with Crippen molar-refractivity contribution < 1.29 is 4.79 Å². The first-order valence-corrected chi connectivity index (χ1v) is 8.90. The average molecular weight is 347 g/mol. The predicted octanol–water partition coefficient (Wildman–Crippen LogP) is 3.78. The lowest BCUT2D eigenvalue weighted by Crippen LogP contribution is -2.13. The molecule has 0 saturated heterocycles. The number of carbonyl (C=O) groups is 1. The average Bonchev–Trinajstić information content (AvgIpc) is 3.19. The van der Waals surface area contributed by atoms with Gasteiger partial charge in [-0.15, -0.1) is 21.5 Å². The van der Waals surface area contributed by atoms with Gasteiger partial charge in [-0.2, -0.15) is 0 Å². The number of anilines is 1. The van der Waals surface area contributed by atoms with Crippen molar-refractivity contribution >= 4 is 33.7 Å². The van der Waals surface area contributed by atoms with Crippen LogP contribution in [-0.2, 0) is 0 Å². The smallest absolute Gasteiger partial charge is 0.259 e. The van der Waals surface area contributed by atoms with Crippen molar-refractivity contribution in [1.29, 1.82) is 0 Å². The van der Waals surface area contributed by atoms with Gasteiger partial charge in [-0.1, -0.05) is 25.2 Å². The van der Waals surface area contributed by atoms with Gasteiger partial charge in [0.15, 0.2) is 5.13 Å². The van der Waals surface area contributed by atoms with Crippen LogP contribution < -0.4 is 5.32 Å². The molecule has 3 aromatic heterocycles. The van der Waals surface area contributed by atoms with E-state index >= 15 is 0 Å². The highest BCUT2D eigenvalue weighted by Gasteiger charge is 2.19. The molecule has 8 heteroatoms. The van der Waals surface area contributed by atoms with Gasteiger partial charge in [0, 0.05) is 28.9 Å². The van der Waals surface area contributed by atoms with E-state index in [0.29, 0.717) is 16.6 Å². The van der Waals surface area contributed by atoms with Crippen LogP contribution in [0.1, 0.15) is 46.5 Å². The highest BCUT2D eigenvalue weighted by Crippen LogP contribution is 2.25. The summed E-state index contributed by atoms with van der Waals surface area (Å²) in [6.07, 6.45) is 1.76. The Morgan fingerprint density at radius 3 is 2.70 bits per heavy atom. The maximum atomic E-state index is 12.5. The maximum Gasteiger partial charge on any atom is 0.259 e. The lowest BCUT2D eigenvalue weighted by Gasteiger charge is -2.05. The number of hydrogen-bond donors (Lipinski definition) is 1. The highest BCUT2D eigenvalue weighted by molar-refractivity contribution is 7.15. The molecule has 120 valence electrons. The number of aromatic nitrogens is 4. The molecule has 23 heavy (non-hydrogen) atoms. The van der Waals surface area contributed by atoms with E-state index in [1.165, 1.54) is 22.7 Å². The molecule has 0 aromatic carbocycles. The third kappa shape index (κ3) is 3.04. The molecule has 0 aliphatic heterocycles. The zero-order chi connectivity index (χ0) is 16.6. The van der Waals surface area contributed by atoms with Gasteiger partial charge in [0.1, 0.15) is 5.01 Å². The van der Waals surface area contributed by atoms with Crippen molar-refractivity contribution in [3.63, 3.8) is 0 Å². The van der Waals surface area contributed by atoms with Gasteiger partial charge < -0.3 is 0 Å². The minimum atomic E-state index is -0.174. The Hall–Kier alpha value is -2.06. The monoisotopic (exact) mass is 347 g/mol. The van der Waals surface area contributed by atoms with Gasteiger partial charge in [0.2, 0.25) is 5.13 Å². The summed E-state index contributed by atoms with van der Waals surface area (Å²) < 4.78 is 1.99. The van der Waals surface area contributed by atoms with Crippen molar-refractivity contribution in [1.82, 2.24) is 19.7 Å². The number of carbonyl (C=O) groups excluding carboxylic acids is 1. The first-order valence-electron chi connectivity index (χ1n) is 7.21. The third-order valence-corrected chi connectivity index (χ3v) is 5.34. The fourth-order valence-corrected chi connectivity index (χ4v) is 3.79. The molecule has 1 N–H and O–H groups in total. The number of nitrogens with zero attached hydrogens (tertiary/aromatic N) is 4. The second kappa shape index (κ2) is 6.21. The van der Waals surface area contributed by atoms with Crippen LogP contribution in [0.25, 0.3) is 5.13 Å². The summed E-state index contributed by atoms with van der Waals surface area (Å²) in [5.74, 6) is 0.125. The van der Waals surface area contributed by atoms with Crippen LogP contribution in [0.3, 0.4) is 0 Å². The number of hydrogen-bond acceptors (Lipinski definition) is 6. The minimum absolute atomic E-state index is 0.174. The molecule has 0 aliphatic rings. The molecule has 3 heterocycles. The van der Waals surface area contributed by atoms with Crippen LogP contribution in [-0.4, -0.2) is 25.7 Å². The van der Waals surface area contributed by atoms with E-state index in [4.69, 9.17) is 0 Å². The van der Waals surface area contributed by atoms with Crippen LogP contribution >= 0.6 is 22.7 Å². The van der Waals surface area contributed by atoms with Gasteiger partial charge in [-0.05, 0) is 19.9 Å². The van der Waals surface area contributed by atoms with E-state index in [1.807, 2.05) is 43.7 Å². The van der Waals surface area contributed by atoms with Gasteiger partial charge in [0.05, 0.1) is 5.56 Å². The second-order valence-electron chi connectivity index (χ2n) is 5.49. The molecule has 0 fully saturated rings. The summed E-state index contributed by atoms with van der Waals surface area (Å²) in [5, 5.41) is 15.2. The van der Waals surface area contributed by atoms with Crippen LogP contribution in [0.2, 0.25) is 0 Å². The van der Waals surface area contributed by atoms with Crippen molar-refractivity contribution in [3.8, 4) is 5.13 Å². The Morgan fingerprint density at radius 2 is 2.09 bits per heavy atom. The molecule has 0 aliphatic carbocycles. The fraction of sp³-hybridized carbons (Fsp3) is 0.333. The lowest BCUT2D eigenvalue weighted by atomic mass is 10.2. The minimum Gasteiger partial charge on any atom is -0.296 e. The number of rotatable bonds is 4. The lowest BCUT2D eigenvalue weighted by molar-refractivity contribution is 0.102. The van der Waals surface area contributed by atoms with E-state index in [9.17, 15) is 4.79 Å². The first-order chi connectivity index (χ1) is 11.0. The van der Waals surface area contributed by atoms with Crippen molar-refractivity contribution in [3.05, 3.63) is 39.6 Å². The molecule has 0 bridgehead atoms. The molecule has 0 spiro atoms. The van der Waals surface area contributed by atoms with E-state index in [2.05, 4.69) is 20.5 Å². The Morgan fingerprint density at radius 1 is 1.30 bits per heavy atom. The van der Waals surface area contributed by atoms with E-state index in [0.717, 1.165) is 21.5 Å². The number of aryl methyl sites for hydroxylation is 1. The highest BCUT2D eigenvalue weighted by atomic mass is 32.1. The molecule has 0 radical (unpaired) electrons. The van der Waals surface area contributed by atoms with Crippen LogP contribution in [0.5, 0.6) is 0 Å². The normalized spacial score (nSPS) is 11.2. The molecule has 3 aromatic rings. The summed E-state index contributed by atoms with van der Waals surface area (Å²) in [7, 11) is 0. The predicted molar refractivity (Wildman–Crippen MR) is 92.9 cm³/mol. The van der Waals surface area contributed by atoms with Crippen molar-refractivity contribution in [2.45, 2.75) is 33.6 Å². The molecule has 0 saturated carbocycles. The van der Waals surface area contributed by atoms with Gasteiger partial charge in [-0.25, -0.2) is 4.98 Å². The Balaban J connectivity index is 1.87. The molecular weight excluding hydrogens is 330 g/mol. The van der Waals surface area contributed by atoms with E-state index in [-0.39, 0.29) is 5.91 Å². The van der Waals surface area contributed by atoms with Gasteiger partial charge >= 0.3 is 0 Å². The van der Waals surface area contributed by atoms with E-state index < -0.39 is 0 Å².